The van der Waals surface area contributed by atoms with Crippen LogP contribution in [0.3, 0.4) is 0 Å². The highest BCUT2D eigenvalue weighted by atomic mass is 79.9. The number of halogens is 1. The Kier molecular flexibility index (Phi) is 3.93. The Labute approximate surface area is 134 Å². The molecule has 108 valence electrons. The molecule has 0 spiro atoms. The molecular weight excluding hydrogens is 346 g/mol. The summed E-state index contributed by atoms with van der Waals surface area (Å²) >= 11 is 3.40. The first-order valence-corrected chi connectivity index (χ1v) is 7.24. The van der Waals surface area contributed by atoms with Gasteiger partial charge >= 0.3 is 0 Å². The third kappa shape index (κ3) is 2.87. The van der Waals surface area contributed by atoms with Crippen molar-refractivity contribution in [2.75, 3.05) is 5.32 Å². The van der Waals surface area contributed by atoms with Gasteiger partial charge in [-0.25, -0.2) is 4.98 Å². The number of rotatable bonds is 3. The molecule has 0 saturated carbocycles. The second kappa shape index (κ2) is 6.03. The van der Waals surface area contributed by atoms with Crippen molar-refractivity contribution in [1.82, 2.24) is 9.97 Å². The Morgan fingerprint density at radius 1 is 1.09 bits per heavy atom. The summed E-state index contributed by atoms with van der Waals surface area (Å²) in [5.41, 5.74) is 2.79. The van der Waals surface area contributed by atoms with Crippen molar-refractivity contribution in [2.45, 2.75) is 0 Å². The summed E-state index contributed by atoms with van der Waals surface area (Å²) in [5.74, 6) is -0.323. The normalized spacial score (nSPS) is 10.4. The summed E-state index contributed by atoms with van der Waals surface area (Å²) in [7, 11) is 0. The van der Waals surface area contributed by atoms with Crippen molar-refractivity contribution in [2.24, 2.45) is 0 Å². The summed E-state index contributed by atoms with van der Waals surface area (Å²) in [6.07, 6.45) is 2.42. The van der Waals surface area contributed by atoms with Crippen LogP contribution >= 0.6 is 15.9 Å². The Morgan fingerprint density at radius 2 is 1.86 bits per heavy atom. The lowest BCUT2D eigenvalue weighted by Gasteiger charge is -2.06. The average molecular weight is 356 g/mol. The molecule has 1 amide bonds. The molecular formula is C16H10BrN3O2. The van der Waals surface area contributed by atoms with Gasteiger partial charge in [-0.3, -0.25) is 14.6 Å². The number of nitrogens with one attached hydrogen (secondary N) is 1. The van der Waals surface area contributed by atoms with Crippen LogP contribution < -0.4 is 5.32 Å². The monoisotopic (exact) mass is 355 g/mol. The molecule has 6 heteroatoms. The maximum atomic E-state index is 12.2. The molecule has 2 aromatic heterocycles. The van der Waals surface area contributed by atoms with Crippen molar-refractivity contribution < 1.29 is 9.59 Å². The number of hydrogen-bond acceptors (Lipinski definition) is 4. The molecule has 1 aromatic carbocycles. The maximum absolute atomic E-state index is 12.2. The first-order valence-electron chi connectivity index (χ1n) is 6.45. The number of fused-ring (bicyclic) bond motifs is 1. The predicted octanol–water partition coefficient (Wildman–Crippen LogP) is 3.46. The highest BCUT2D eigenvalue weighted by Gasteiger charge is 2.10. The standard InChI is InChI=1S/C16H10BrN3O2/c17-12-7-8-18-13-5-6-14(20-15(12)13)16(22)19-11-3-1-10(9-21)2-4-11/h1-9H,(H,19,22). The molecule has 0 aliphatic carbocycles. The number of nitrogens with zero attached hydrogens (tertiary/aromatic N) is 2. The molecule has 0 saturated heterocycles. The molecule has 3 rings (SSSR count). The van der Waals surface area contributed by atoms with Gasteiger partial charge < -0.3 is 5.32 Å². The van der Waals surface area contributed by atoms with E-state index in [1.807, 2.05) is 0 Å². The van der Waals surface area contributed by atoms with Gasteiger partial charge in [-0.2, -0.15) is 0 Å². The van der Waals surface area contributed by atoms with Gasteiger partial charge in [-0.05, 0) is 58.4 Å². The second-order valence-electron chi connectivity index (χ2n) is 4.55. The fraction of sp³-hybridized carbons (Fsp3) is 0. The van der Waals surface area contributed by atoms with E-state index in [1.54, 1.807) is 48.7 Å². The highest BCUT2D eigenvalue weighted by molar-refractivity contribution is 9.10. The Hall–Kier alpha value is -2.60. The summed E-state index contributed by atoms with van der Waals surface area (Å²) in [6, 6.07) is 11.7. The van der Waals surface area contributed by atoms with Gasteiger partial charge in [0.05, 0.1) is 5.52 Å². The van der Waals surface area contributed by atoms with Crippen LogP contribution in [0.2, 0.25) is 0 Å². The number of carbonyl (C=O) groups excluding carboxylic acids is 2. The first kappa shape index (κ1) is 14.3. The van der Waals surface area contributed by atoms with Crippen LogP contribution in [0.5, 0.6) is 0 Å². The number of benzene rings is 1. The van der Waals surface area contributed by atoms with Gasteiger partial charge in [0.25, 0.3) is 5.91 Å². The van der Waals surface area contributed by atoms with Gasteiger partial charge in [0.1, 0.15) is 17.5 Å². The second-order valence-corrected chi connectivity index (χ2v) is 5.41. The van der Waals surface area contributed by atoms with E-state index in [4.69, 9.17) is 0 Å². The number of aromatic nitrogens is 2. The zero-order valence-corrected chi connectivity index (χ0v) is 12.9. The van der Waals surface area contributed by atoms with E-state index in [1.165, 1.54) is 0 Å². The lowest BCUT2D eigenvalue weighted by molar-refractivity contribution is 0.102. The largest absolute Gasteiger partial charge is 0.321 e. The van der Waals surface area contributed by atoms with Crippen molar-refractivity contribution in [3.8, 4) is 0 Å². The Morgan fingerprint density at radius 3 is 2.59 bits per heavy atom. The van der Waals surface area contributed by atoms with Crippen molar-refractivity contribution in [3.63, 3.8) is 0 Å². The fourth-order valence-electron chi connectivity index (χ4n) is 1.96. The quantitative estimate of drug-likeness (QED) is 0.730. The smallest absolute Gasteiger partial charge is 0.274 e. The van der Waals surface area contributed by atoms with Crippen LogP contribution in [0.25, 0.3) is 11.0 Å². The van der Waals surface area contributed by atoms with Gasteiger partial charge in [0.15, 0.2) is 0 Å². The zero-order valence-electron chi connectivity index (χ0n) is 11.3. The van der Waals surface area contributed by atoms with Gasteiger partial charge in [0.2, 0.25) is 0 Å². The summed E-state index contributed by atoms with van der Waals surface area (Å²) in [5, 5.41) is 2.74. The molecule has 2 heterocycles. The first-order chi connectivity index (χ1) is 10.7. The fourth-order valence-corrected chi connectivity index (χ4v) is 2.37. The lowest BCUT2D eigenvalue weighted by atomic mass is 10.2. The third-order valence-corrected chi connectivity index (χ3v) is 3.71. The number of aldehydes is 1. The van der Waals surface area contributed by atoms with Crippen LogP contribution in [0, 0.1) is 0 Å². The number of hydrogen-bond donors (Lipinski definition) is 1. The SMILES string of the molecule is O=Cc1ccc(NC(=O)c2ccc3nccc(Br)c3n2)cc1. The van der Waals surface area contributed by atoms with Gasteiger partial charge in [-0.1, -0.05) is 0 Å². The molecule has 5 nitrogen and oxygen atoms in total. The van der Waals surface area contributed by atoms with E-state index in [0.29, 0.717) is 28.0 Å². The topological polar surface area (TPSA) is 72.0 Å². The van der Waals surface area contributed by atoms with E-state index in [2.05, 4.69) is 31.2 Å². The predicted molar refractivity (Wildman–Crippen MR) is 87.0 cm³/mol. The Bertz CT molecular complexity index is 863. The average Bonchev–Trinajstić information content (AvgIpc) is 2.55. The van der Waals surface area contributed by atoms with Crippen molar-refractivity contribution >= 4 is 44.8 Å². The Balaban J connectivity index is 1.88. The molecule has 0 radical (unpaired) electrons. The van der Waals surface area contributed by atoms with Crippen molar-refractivity contribution in [3.05, 3.63) is 64.4 Å². The van der Waals surface area contributed by atoms with Crippen LogP contribution in [0.1, 0.15) is 20.8 Å². The van der Waals surface area contributed by atoms with E-state index in [9.17, 15) is 9.59 Å². The molecule has 3 aromatic rings. The summed E-state index contributed by atoms with van der Waals surface area (Å²) < 4.78 is 0.780. The minimum Gasteiger partial charge on any atom is -0.321 e. The molecule has 0 aliphatic heterocycles. The van der Waals surface area contributed by atoms with E-state index >= 15 is 0 Å². The lowest BCUT2D eigenvalue weighted by Crippen LogP contribution is -2.13. The minimum absolute atomic E-state index is 0.292. The molecule has 22 heavy (non-hydrogen) atoms. The number of amides is 1. The van der Waals surface area contributed by atoms with Crippen LogP contribution in [0.15, 0.2) is 53.1 Å². The summed E-state index contributed by atoms with van der Waals surface area (Å²) in [4.78, 5) is 31.4. The van der Waals surface area contributed by atoms with Crippen molar-refractivity contribution in [1.29, 1.82) is 0 Å². The number of anilines is 1. The van der Waals surface area contributed by atoms with Crippen LogP contribution in [-0.2, 0) is 0 Å². The molecule has 1 N–H and O–H groups in total. The van der Waals surface area contributed by atoms with E-state index in [-0.39, 0.29) is 5.91 Å². The molecule has 0 unspecified atom stereocenters. The van der Waals surface area contributed by atoms with E-state index < -0.39 is 0 Å². The molecule has 0 fully saturated rings. The van der Waals surface area contributed by atoms with Crippen LogP contribution in [0.4, 0.5) is 5.69 Å². The maximum Gasteiger partial charge on any atom is 0.274 e. The van der Waals surface area contributed by atoms with Crippen LogP contribution in [-0.4, -0.2) is 22.2 Å². The third-order valence-electron chi connectivity index (χ3n) is 3.07. The molecule has 0 bridgehead atoms. The van der Waals surface area contributed by atoms with Gasteiger partial charge in [-0.15, -0.1) is 0 Å². The molecule has 0 aliphatic rings. The molecule has 0 atom stereocenters. The summed E-state index contributed by atoms with van der Waals surface area (Å²) in [6.45, 7) is 0. The number of carbonyl (C=O) groups is 2. The van der Waals surface area contributed by atoms with Gasteiger partial charge in [0, 0.05) is 21.9 Å². The zero-order chi connectivity index (χ0) is 15.5. The van der Waals surface area contributed by atoms with E-state index in [0.717, 1.165) is 10.8 Å². The number of pyridine rings is 2. The minimum atomic E-state index is -0.323. The highest BCUT2D eigenvalue weighted by Crippen LogP contribution is 2.20.